The summed E-state index contributed by atoms with van der Waals surface area (Å²) < 4.78 is 4.80. The molecule has 2 aromatic heterocycles. The minimum absolute atomic E-state index is 0.233. The van der Waals surface area contributed by atoms with E-state index in [-0.39, 0.29) is 5.41 Å². The molecule has 55 heavy (non-hydrogen) atoms. The fourth-order valence-electron chi connectivity index (χ4n) is 9.10. The third-order valence-electron chi connectivity index (χ3n) is 11.7. The molecule has 3 nitrogen and oxygen atoms in total. The molecule has 0 spiro atoms. The highest BCUT2D eigenvalue weighted by Gasteiger charge is 2.39. The summed E-state index contributed by atoms with van der Waals surface area (Å²) >= 11 is 0. The summed E-state index contributed by atoms with van der Waals surface area (Å²) in [7, 11) is 0. The molecule has 0 N–H and O–H groups in total. The molecule has 0 bridgehead atoms. The lowest BCUT2D eigenvalue weighted by Gasteiger charge is -2.24. The van der Waals surface area contributed by atoms with Crippen molar-refractivity contribution in [3.05, 3.63) is 199 Å². The third-order valence-corrected chi connectivity index (χ3v) is 11.7. The van der Waals surface area contributed by atoms with Gasteiger partial charge >= 0.3 is 0 Å². The van der Waals surface area contributed by atoms with Crippen LogP contribution in [0.3, 0.4) is 0 Å². The second-order valence-corrected chi connectivity index (χ2v) is 15.2. The van der Waals surface area contributed by atoms with Crippen molar-refractivity contribution in [1.29, 1.82) is 0 Å². The van der Waals surface area contributed by atoms with Crippen molar-refractivity contribution in [2.45, 2.75) is 19.3 Å². The van der Waals surface area contributed by atoms with Gasteiger partial charge in [-0.2, -0.15) is 0 Å². The summed E-state index contributed by atoms with van der Waals surface area (Å²) in [5, 5.41) is 2.53. The van der Waals surface area contributed by atoms with Crippen LogP contribution in [0, 0.1) is 0 Å². The van der Waals surface area contributed by atoms with Gasteiger partial charge in [-0.1, -0.05) is 147 Å². The maximum Gasteiger partial charge on any atom is 0.145 e. The Hall–Kier alpha value is -6.97. The van der Waals surface area contributed by atoms with Gasteiger partial charge in [0.1, 0.15) is 5.82 Å². The molecule has 3 heteroatoms. The number of para-hydroxylation sites is 2. The van der Waals surface area contributed by atoms with E-state index in [2.05, 4.69) is 211 Å². The van der Waals surface area contributed by atoms with Crippen LogP contribution in [-0.4, -0.2) is 14.1 Å². The average molecular weight is 704 g/mol. The summed E-state index contributed by atoms with van der Waals surface area (Å²) in [6.07, 6.45) is 0. The number of rotatable bonds is 5. The van der Waals surface area contributed by atoms with E-state index in [1.807, 2.05) is 0 Å². The van der Waals surface area contributed by atoms with E-state index < -0.39 is 0 Å². The Bertz CT molecular complexity index is 3080. The fourth-order valence-corrected chi connectivity index (χ4v) is 9.10. The maximum atomic E-state index is 5.10. The summed E-state index contributed by atoms with van der Waals surface area (Å²) in [6, 6.07) is 68.2. The zero-order valence-electron chi connectivity index (χ0n) is 30.7. The molecule has 0 aliphatic heterocycles. The lowest BCUT2D eigenvalue weighted by atomic mass is 9.80. The number of benzene rings is 8. The predicted molar refractivity (Wildman–Crippen MR) is 229 cm³/mol. The fraction of sp³-hybridized carbons (Fsp3) is 0.0577. The topological polar surface area (TPSA) is 22.8 Å². The van der Waals surface area contributed by atoms with Gasteiger partial charge in [0, 0.05) is 33.1 Å². The Morgan fingerprint density at radius 3 is 1.67 bits per heavy atom. The highest BCUT2D eigenvalue weighted by Crippen LogP contribution is 2.54. The second-order valence-electron chi connectivity index (χ2n) is 15.2. The summed E-state index contributed by atoms with van der Waals surface area (Å²) in [6.45, 7) is 4.81. The van der Waals surface area contributed by atoms with Crippen LogP contribution in [0.25, 0.3) is 89.0 Å². The van der Waals surface area contributed by atoms with Crippen LogP contribution in [0.2, 0.25) is 0 Å². The van der Waals surface area contributed by atoms with E-state index >= 15 is 0 Å². The number of hydrogen-bond acceptors (Lipinski definition) is 1. The third kappa shape index (κ3) is 4.79. The van der Waals surface area contributed by atoms with Crippen molar-refractivity contribution in [2.75, 3.05) is 0 Å². The zero-order valence-corrected chi connectivity index (χ0v) is 30.7. The van der Waals surface area contributed by atoms with Crippen LogP contribution in [-0.2, 0) is 5.41 Å². The molecule has 0 unspecified atom stereocenters. The van der Waals surface area contributed by atoms with Crippen LogP contribution in [0.5, 0.6) is 0 Å². The molecule has 0 radical (unpaired) electrons. The van der Waals surface area contributed by atoms with Crippen molar-refractivity contribution in [2.24, 2.45) is 0 Å². The van der Waals surface area contributed by atoms with Gasteiger partial charge < -0.3 is 4.57 Å². The molecular formula is C52H37N3. The van der Waals surface area contributed by atoms with Crippen LogP contribution in [0.4, 0.5) is 0 Å². The maximum absolute atomic E-state index is 5.10. The first-order chi connectivity index (χ1) is 27.0. The van der Waals surface area contributed by atoms with E-state index in [0.717, 1.165) is 33.8 Å². The van der Waals surface area contributed by atoms with Crippen LogP contribution >= 0.6 is 0 Å². The van der Waals surface area contributed by atoms with Gasteiger partial charge in [0.05, 0.1) is 22.1 Å². The normalized spacial score (nSPS) is 13.1. The SMILES string of the molecule is CC1(C)c2cc(-c3ccccc3)ccc2-c2ccc3c4cc(-c5ccccc5)ccc4n(-c4ccc(-n5c(-c6ccccc6)nc6ccccc65)cc4)c3c21. The van der Waals surface area contributed by atoms with E-state index in [4.69, 9.17) is 4.98 Å². The molecule has 0 saturated heterocycles. The monoisotopic (exact) mass is 703 g/mol. The zero-order chi connectivity index (χ0) is 36.7. The average Bonchev–Trinajstić information content (AvgIpc) is 3.87. The largest absolute Gasteiger partial charge is 0.309 e. The van der Waals surface area contributed by atoms with E-state index in [9.17, 15) is 0 Å². The Balaban J connectivity index is 1.14. The van der Waals surface area contributed by atoms with Gasteiger partial charge in [0.25, 0.3) is 0 Å². The first-order valence-corrected chi connectivity index (χ1v) is 19.1. The lowest BCUT2D eigenvalue weighted by molar-refractivity contribution is 0.664. The van der Waals surface area contributed by atoms with Gasteiger partial charge in [-0.05, 0) is 99.1 Å². The molecule has 0 saturated carbocycles. The molecule has 11 rings (SSSR count). The Morgan fingerprint density at radius 2 is 0.982 bits per heavy atom. The van der Waals surface area contributed by atoms with Gasteiger partial charge in [-0.15, -0.1) is 0 Å². The smallest absolute Gasteiger partial charge is 0.145 e. The molecule has 8 aromatic carbocycles. The van der Waals surface area contributed by atoms with Gasteiger partial charge in [-0.25, -0.2) is 4.98 Å². The molecule has 10 aromatic rings. The van der Waals surface area contributed by atoms with Gasteiger partial charge in [0.2, 0.25) is 0 Å². The summed E-state index contributed by atoms with van der Waals surface area (Å²) in [5.74, 6) is 0.937. The van der Waals surface area contributed by atoms with Gasteiger partial charge in [-0.3, -0.25) is 4.57 Å². The Kier molecular flexibility index (Phi) is 6.90. The minimum Gasteiger partial charge on any atom is -0.309 e. The number of hydrogen-bond donors (Lipinski definition) is 0. The first-order valence-electron chi connectivity index (χ1n) is 19.1. The predicted octanol–water partition coefficient (Wildman–Crippen LogP) is 13.4. The molecule has 1 aliphatic rings. The molecule has 2 heterocycles. The summed E-state index contributed by atoms with van der Waals surface area (Å²) in [5.41, 5.74) is 17.9. The van der Waals surface area contributed by atoms with Crippen LogP contribution < -0.4 is 0 Å². The highest BCUT2D eigenvalue weighted by atomic mass is 15.1. The van der Waals surface area contributed by atoms with Crippen molar-refractivity contribution in [3.8, 4) is 56.1 Å². The summed E-state index contributed by atoms with van der Waals surface area (Å²) in [4.78, 5) is 5.10. The molecule has 0 fully saturated rings. The van der Waals surface area contributed by atoms with Crippen molar-refractivity contribution in [1.82, 2.24) is 14.1 Å². The van der Waals surface area contributed by atoms with Crippen molar-refractivity contribution in [3.63, 3.8) is 0 Å². The Labute approximate surface area is 320 Å². The Morgan fingerprint density at radius 1 is 0.418 bits per heavy atom. The minimum atomic E-state index is -0.233. The lowest BCUT2D eigenvalue weighted by Crippen LogP contribution is -2.16. The second kappa shape index (κ2) is 12.0. The quantitative estimate of drug-likeness (QED) is 0.175. The molecule has 0 atom stereocenters. The number of nitrogens with zero attached hydrogens (tertiary/aromatic N) is 3. The first kappa shape index (κ1) is 31.5. The van der Waals surface area contributed by atoms with E-state index in [1.165, 1.54) is 66.3 Å². The molecule has 260 valence electrons. The molecule has 0 amide bonds. The highest BCUT2D eigenvalue weighted by molar-refractivity contribution is 6.14. The number of fused-ring (bicyclic) bond motifs is 8. The van der Waals surface area contributed by atoms with Gasteiger partial charge in [0.15, 0.2) is 0 Å². The number of imidazole rings is 1. The van der Waals surface area contributed by atoms with Crippen molar-refractivity contribution < 1.29 is 0 Å². The van der Waals surface area contributed by atoms with E-state index in [0.29, 0.717) is 0 Å². The van der Waals surface area contributed by atoms with Crippen LogP contribution in [0.15, 0.2) is 188 Å². The van der Waals surface area contributed by atoms with E-state index in [1.54, 1.807) is 0 Å². The molecular weight excluding hydrogens is 667 g/mol. The molecule has 1 aliphatic carbocycles. The standard InChI is InChI=1S/C52H37N3/c1-52(2)45-33-38(35-16-8-4-9-17-35)22-28-41(45)42-29-30-43-44-32-37(34-14-6-3-7-15-34)23-31-47(44)54(50(43)49(42)52)39-24-26-40(27-25-39)55-48-21-13-12-20-46(48)53-51(55)36-18-10-5-11-19-36/h3-33H,1-2H3. The number of aromatic nitrogens is 3. The van der Waals surface area contributed by atoms with Crippen molar-refractivity contribution >= 4 is 32.8 Å². The van der Waals surface area contributed by atoms with Crippen LogP contribution in [0.1, 0.15) is 25.0 Å².